The lowest BCUT2D eigenvalue weighted by atomic mass is 9.48. The second-order valence-electron chi connectivity index (χ2n) is 8.52. The molecule has 0 unspecified atom stereocenters. The van der Waals surface area contributed by atoms with Crippen LogP contribution in [0.5, 0.6) is 0 Å². The average molecular weight is 306 g/mol. The van der Waals surface area contributed by atoms with Gasteiger partial charge in [-0.1, -0.05) is 44.9 Å². The molecule has 4 atom stereocenters. The zero-order valence-electron chi connectivity index (χ0n) is 15.0. The van der Waals surface area contributed by atoms with Crippen LogP contribution in [0.15, 0.2) is 23.3 Å². The fraction of sp³-hybridized carbons (Fsp3) is 0.800. The van der Waals surface area contributed by atoms with E-state index in [1.807, 2.05) is 6.92 Å². The maximum absolute atomic E-state index is 10.5. The van der Waals surface area contributed by atoms with E-state index < -0.39 is 6.10 Å². The molecular weight excluding hydrogens is 272 g/mol. The quantitative estimate of drug-likeness (QED) is 0.752. The molecule has 0 radical (unpaired) electrons. The van der Waals surface area contributed by atoms with Crippen LogP contribution in [0.25, 0.3) is 0 Å². The van der Waals surface area contributed by atoms with Crippen LogP contribution in [0.4, 0.5) is 0 Å². The Bertz CT molecular complexity index is 460. The van der Waals surface area contributed by atoms with Crippen molar-refractivity contribution in [2.24, 2.45) is 22.7 Å². The van der Waals surface area contributed by atoms with Gasteiger partial charge < -0.3 is 10.2 Å². The Hall–Kier alpha value is -0.600. The maximum Gasteiger partial charge on any atom is 0.0754 e. The van der Waals surface area contributed by atoms with E-state index in [4.69, 9.17) is 5.11 Å². The lowest BCUT2D eigenvalue weighted by Gasteiger charge is -2.57. The van der Waals surface area contributed by atoms with Gasteiger partial charge in [-0.05, 0) is 67.8 Å². The van der Waals surface area contributed by atoms with E-state index in [9.17, 15) is 5.11 Å². The van der Waals surface area contributed by atoms with Crippen molar-refractivity contribution >= 4 is 0 Å². The van der Waals surface area contributed by atoms with Crippen LogP contribution in [0.1, 0.15) is 66.7 Å². The predicted molar refractivity (Wildman–Crippen MR) is 92.6 cm³/mol. The summed E-state index contributed by atoms with van der Waals surface area (Å²) in [5, 5.41) is 19.6. The predicted octanol–water partition coefficient (Wildman–Crippen LogP) is 4.47. The summed E-state index contributed by atoms with van der Waals surface area (Å²) in [4.78, 5) is 0. The summed E-state index contributed by atoms with van der Waals surface area (Å²) in [7, 11) is 0. The minimum atomic E-state index is -0.443. The third-order valence-corrected chi connectivity index (χ3v) is 6.69. The highest BCUT2D eigenvalue weighted by Gasteiger charge is 2.51. The Balaban J connectivity index is 2.27. The van der Waals surface area contributed by atoms with Gasteiger partial charge >= 0.3 is 0 Å². The Kier molecular flexibility index (Phi) is 5.23. The van der Waals surface area contributed by atoms with Crippen molar-refractivity contribution in [3.63, 3.8) is 0 Å². The molecule has 0 aromatic carbocycles. The van der Waals surface area contributed by atoms with E-state index in [1.54, 1.807) is 6.08 Å². The van der Waals surface area contributed by atoms with E-state index in [1.165, 1.54) is 31.3 Å². The second-order valence-corrected chi connectivity index (χ2v) is 8.52. The molecule has 0 aliphatic heterocycles. The van der Waals surface area contributed by atoms with Crippen LogP contribution >= 0.6 is 0 Å². The molecule has 2 N–H and O–H groups in total. The highest BCUT2D eigenvalue weighted by atomic mass is 16.3. The van der Waals surface area contributed by atoms with Crippen molar-refractivity contribution in [3.8, 4) is 0 Å². The van der Waals surface area contributed by atoms with Crippen LogP contribution in [-0.2, 0) is 0 Å². The molecule has 1 fully saturated rings. The van der Waals surface area contributed by atoms with Gasteiger partial charge in [-0.2, -0.15) is 0 Å². The smallest absolute Gasteiger partial charge is 0.0754 e. The lowest BCUT2D eigenvalue weighted by Crippen LogP contribution is -2.49. The summed E-state index contributed by atoms with van der Waals surface area (Å²) in [5.41, 5.74) is 3.04. The fourth-order valence-corrected chi connectivity index (χ4v) is 5.28. The standard InChI is InChI=1S/C20H34O2/c1-14-7-8-18-19(3,4)10-6-11-20(18,5)16(14)13-17(22)15(2)9-12-21/h7,9,16-18,21-22H,6,8,10-13H2,1-5H3/b15-9+/t16-,17+,18-,20-/m0/s1. The van der Waals surface area contributed by atoms with Gasteiger partial charge in [0.15, 0.2) is 0 Å². The van der Waals surface area contributed by atoms with Crippen molar-refractivity contribution in [3.05, 3.63) is 23.3 Å². The van der Waals surface area contributed by atoms with Crippen molar-refractivity contribution in [2.45, 2.75) is 72.8 Å². The summed E-state index contributed by atoms with van der Waals surface area (Å²) >= 11 is 0. The van der Waals surface area contributed by atoms with Crippen LogP contribution in [0.2, 0.25) is 0 Å². The molecule has 126 valence electrons. The summed E-state index contributed by atoms with van der Waals surface area (Å²) in [6.07, 6.45) is 9.57. The molecule has 0 spiro atoms. The van der Waals surface area contributed by atoms with Crippen LogP contribution in [0, 0.1) is 22.7 Å². The molecular formula is C20H34O2. The van der Waals surface area contributed by atoms with Gasteiger partial charge in [0, 0.05) is 0 Å². The fourth-order valence-electron chi connectivity index (χ4n) is 5.28. The molecule has 0 bridgehead atoms. The van der Waals surface area contributed by atoms with Crippen molar-refractivity contribution in [2.75, 3.05) is 6.61 Å². The Morgan fingerprint density at radius 2 is 2.05 bits per heavy atom. The largest absolute Gasteiger partial charge is 0.392 e. The van der Waals surface area contributed by atoms with Gasteiger partial charge in [-0.25, -0.2) is 0 Å². The molecule has 0 aromatic rings. The Morgan fingerprint density at radius 1 is 1.36 bits per heavy atom. The summed E-state index contributed by atoms with van der Waals surface area (Å²) < 4.78 is 0. The SMILES string of the molecule is CC1=CC[C@H]2C(C)(C)CCC[C@@]2(C)[C@H]1C[C@@H](O)/C(C)=C/CO. The minimum absolute atomic E-state index is 0.00923. The molecule has 2 heteroatoms. The summed E-state index contributed by atoms with van der Waals surface area (Å²) in [5.74, 6) is 1.15. The van der Waals surface area contributed by atoms with Crippen molar-refractivity contribution < 1.29 is 10.2 Å². The van der Waals surface area contributed by atoms with Gasteiger partial charge in [0.25, 0.3) is 0 Å². The molecule has 2 aliphatic rings. The highest BCUT2D eigenvalue weighted by molar-refractivity contribution is 5.20. The monoisotopic (exact) mass is 306 g/mol. The molecule has 2 rings (SSSR count). The average Bonchev–Trinajstić information content (AvgIpc) is 2.42. The molecule has 1 saturated carbocycles. The third kappa shape index (κ3) is 3.19. The molecule has 2 aliphatic carbocycles. The molecule has 0 amide bonds. The van der Waals surface area contributed by atoms with E-state index in [0.29, 0.717) is 22.7 Å². The minimum Gasteiger partial charge on any atom is -0.392 e. The van der Waals surface area contributed by atoms with Gasteiger partial charge in [0.2, 0.25) is 0 Å². The van der Waals surface area contributed by atoms with Gasteiger partial charge in [-0.3, -0.25) is 0 Å². The number of allylic oxidation sites excluding steroid dienone is 2. The first-order valence-electron chi connectivity index (χ1n) is 8.84. The Labute approximate surface area is 136 Å². The van der Waals surface area contributed by atoms with Crippen molar-refractivity contribution in [1.82, 2.24) is 0 Å². The maximum atomic E-state index is 10.5. The van der Waals surface area contributed by atoms with Crippen LogP contribution < -0.4 is 0 Å². The normalized spacial score (nSPS) is 36.5. The second kappa shape index (κ2) is 6.49. The highest BCUT2D eigenvalue weighted by Crippen LogP contribution is 2.60. The Morgan fingerprint density at radius 3 is 2.68 bits per heavy atom. The number of rotatable bonds is 4. The van der Waals surface area contributed by atoms with E-state index >= 15 is 0 Å². The first-order chi connectivity index (χ1) is 10.2. The number of fused-ring (bicyclic) bond motifs is 1. The van der Waals surface area contributed by atoms with Crippen LogP contribution in [-0.4, -0.2) is 22.9 Å². The third-order valence-electron chi connectivity index (χ3n) is 6.69. The summed E-state index contributed by atoms with van der Waals surface area (Å²) in [6.45, 7) is 11.5. The molecule has 0 saturated heterocycles. The van der Waals surface area contributed by atoms with Gasteiger partial charge in [0.05, 0.1) is 12.7 Å². The summed E-state index contributed by atoms with van der Waals surface area (Å²) in [6, 6.07) is 0. The van der Waals surface area contributed by atoms with Crippen LogP contribution in [0.3, 0.4) is 0 Å². The molecule has 22 heavy (non-hydrogen) atoms. The lowest BCUT2D eigenvalue weighted by molar-refractivity contribution is -0.0469. The molecule has 2 nitrogen and oxygen atoms in total. The van der Waals surface area contributed by atoms with Gasteiger partial charge in [-0.15, -0.1) is 0 Å². The zero-order valence-corrected chi connectivity index (χ0v) is 15.0. The topological polar surface area (TPSA) is 40.5 Å². The van der Waals surface area contributed by atoms with E-state index in [0.717, 1.165) is 12.0 Å². The van der Waals surface area contributed by atoms with E-state index in [-0.39, 0.29) is 6.61 Å². The van der Waals surface area contributed by atoms with Gasteiger partial charge in [0.1, 0.15) is 0 Å². The molecule has 0 heterocycles. The van der Waals surface area contributed by atoms with Crippen molar-refractivity contribution in [1.29, 1.82) is 0 Å². The molecule has 0 aromatic heterocycles. The first kappa shape index (κ1) is 17.7. The zero-order chi connectivity index (χ0) is 16.5. The van der Waals surface area contributed by atoms with E-state index in [2.05, 4.69) is 33.8 Å². The number of aliphatic hydroxyl groups excluding tert-OH is 2. The number of hydrogen-bond donors (Lipinski definition) is 2. The number of aliphatic hydroxyl groups is 2. The first-order valence-corrected chi connectivity index (χ1v) is 8.84. The number of hydrogen-bond acceptors (Lipinski definition) is 2.